The van der Waals surface area contributed by atoms with Gasteiger partial charge in [-0.15, -0.1) is 0 Å². The molecule has 5 rings (SSSR count). The van der Waals surface area contributed by atoms with E-state index in [0.29, 0.717) is 6.54 Å². The van der Waals surface area contributed by atoms with Gasteiger partial charge in [0.05, 0.1) is 29.1 Å². The number of hydrogen-bond acceptors (Lipinski definition) is 3. The van der Waals surface area contributed by atoms with Crippen LogP contribution in [0.25, 0.3) is 11.1 Å². The normalized spacial score (nSPS) is 16.0. The van der Waals surface area contributed by atoms with E-state index in [4.69, 9.17) is 15.2 Å². The summed E-state index contributed by atoms with van der Waals surface area (Å²) in [5.41, 5.74) is 10.9. The molecule has 0 atom stereocenters. The molecule has 2 aliphatic rings. The zero-order valence-electron chi connectivity index (χ0n) is 26.9. The minimum Gasteiger partial charge on any atom is -0.490 e. The van der Waals surface area contributed by atoms with Gasteiger partial charge < -0.3 is 15.2 Å². The third-order valence-electron chi connectivity index (χ3n) is 8.50. The Morgan fingerprint density at radius 3 is 1.74 bits per heavy atom. The summed E-state index contributed by atoms with van der Waals surface area (Å²) >= 11 is 0. The molecule has 0 spiro atoms. The maximum atomic E-state index is 6.38. The Morgan fingerprint density at radius 2 is 1.26 bits per heavy atom. The van der Waals surface area contributed by atoms with Gasteiger partial charge in [-0.05, 0) is 110 Å². The third kappa shape index (κ3) is 10.7. The van der Waals surface area contributed by atoms with Gasteiger partial charge in [0.25, 0.3) is 0 Å². The molecular formula is C38H54NO2PPd+2. The summed E-state index contributed by atoms with van der Waals surface area (Å²) in [7, 11) is -0.700. The Labute approximate surface area is 277 Å². The predicted octanol–water partition coefficient (Wildman–Crippen LogP) is 9.42. The molecule has 0 radical (unpaired) electrons. The molecule has 2 fully saturated rings. The molecule has 0 aromatic heterocycles. The van der Waals surface area contributed by atoms with Crippen molar-refractivity contribution in [1.29, 1.82) is 0 Å². The van der Waals surface area contributed by atoms with E-state index >= 15 is 0 Å². The molecule has 0 unspecified atom stereocenters. The topological polar surface area (TPSA) is 44.5 Å². The van der Waals surface area contributed by atoms with E-state index in [1.807, 2.05) is 24.3 Å². The summed E-state index contributed by atoms with van der Waals surface area (Å²) in [6, 6.07) is 26.6. The average molecular weight is 694 g/mol. The Hall–Kier alpha value is -1.69. The summed E-state index contributed by atoms with van der Waals surface area (Å²) in [6.07, 6.45) is 15.4. The van der Waals surface area contributed by atoms with Crippen molar-refractivity contribution in [2.24, 2.45) is 5.73 Å². The maximum absolute atomic E-state index is 6.38. The molecule has 0 amide bonds. The smallest absolute Gasteiger partial charge is 0.490 e. The van der Waals surface area contributed by atoms with Crippen LogP contribution in [0.2, 0.25) is 0 Å². The Morgan fingerprint density at radius 1 is 0.721 bits per heavy atom. The van der Waals surface area contributed by atoms with Crippen LogP contribution >= 0.6 is 7.92 Å². The summed E-state index contributed by atoms with van der Waals surface area (Å²) in [5.74, 6) is 1.92. The second-order valence-electron chi connectivity index (χ2n) is 12.6. The minimum absolute atomic E-state index is 0. The van der Waals surface area contributed by atoms with Gasteiger partial charge in [0, 0.05) is 13.5 Å². The number of benzene rings is 3. The van der Waals surface area contributed by atoms with Crippen LogP contribution in [0.4, 0.5) is 0 Å². The first kappa shape index (κ1) is 35.8. The van der Waals surface area contributed by atoms with Crippen LogP contribution in [0.5, 0.6) is 11.5 Å². The SMILES string of the molecule is CC(C)Oc1cccc(OC(C)C)c1-c1ccccc1[PH+](C1CCCCC1)C1CCCCC1.NCCc1[c-]cccc1.[Pd+2]. The molecule has 0 aliphatic heterocycles. The predicted molar refractivity (Wildman–Crippen MR) is 183 cm³/mol. The van der Waals surface area contributed by atoms with E-state index < -0.39 is 7.92 Å². The minimum atomic E-state index is -0.700. The molecule has 43 heavy (non-hydrogen) atoms. The first-order valence-corrected chi connectivity index (χ1v) is 18.2. The van der Waals surface area contributed by atoms with Crippen molar-refractivity contribution in [3.63, 3.8) is 0 Å². The van der Waals surface area contributed by atoms with E-state index in [1.54, 1.807) is 5.30 Å². The second kappa shape index (κ2) is 19.0. The fraction of sp³-hybridized carbons (Fsp3) is 0.526. The van der Waals surface area contributed by atoms with Crippen molar-refractivity contribution in [2.45, 2.75) is 122 Å². The van der Waals surface area contributed by atoms with Crippen molar-refractivity contribution < 1.29 is 29.9 Å². The van der Waals surface area contributed by atoms with Gasteiger partial charge in [-0.25, -0.2) is 0 Å². The summed E-state index contributed by atoms with van der Waals surface area (Å²) in [5, 5.41) is 1.63. The first-order valence-electron chi connectivity index (χ1n) is 16.6. The molecule has 236 valence electrons. The van der Waals surface area contributed by atoms with Crippen molar-refractivity contribution in [3.05, 3.63) is 78.4 Å². The van der Waals surface area contributed by atoms with Crippen LogP contribution in [0.15, 0.2) is 66.7 Å². The zero-order valence-corrected chi connectivity index (χ0v) is 29.4. The van der Waals surface area contributed by atoms with Crippen LogP contribution in [0.3, 0.4) is 0 Å². The van der Waals surface area contributed by atoms with Crippen molar-refractivity contribution >= 4 is 13.2 Å². The van der Waals surface area contributed by atoms with E-state index in [-0.39, 0.29) is 32.6 Å². The number of ether oxygens (including phenoxy) is 2. The van der Waals surface area contributed by atoms with Crippen LogP contribution in [-0.2, 0) is 26.8 Å². The monoisotopic (exact) mass is 693 g/mol. The zero-order chi connectivity index (χ0) is 29.7. The molecule has 3 aromatic rings. The molecule has 0 saturated heterocycles. The fourth-order valence-electron chi connectivity index (χ4n) is 6.78. The molecule has 3 aromatic carbocycles. The van der Waals surface area contributed by atoms with Gasteiger partial charge in [-0.3, -0.25) is 0 Å². The van der Waals surface area contributed by atoms with Crippen LogP contribution in [0.1, 0.15) is 97.5 Å². The number of rotatable bonds is 10. The van der Waals surface area contributed by atoms with E-state index in [9.17, 15) is 0 Å². The maximum Gasteiger partial charge on any atom is 2.00 e. The van der Waals surface area contributed by atoms with Gasteiger partial charge >= 0.3 is 20.4 Å². The average Bonchev–Trinajstić information content (AvgIpc) is 3.00. The van der Waals surface area contributed by atoms with E-state index in [1.165, 1.54) is 80.9 Å². The van der Waals surface area contributed by atoms with Crippen LogP contribution in [-0.4, -0.2) is 30.1 Å². The molecular weight excluding hydrogens is 640 g/mol. The molecule has 0 bridgehead atoms. The summed E-state index contributed by atoms with van der Waals surface area (Å²) in [4.78, 5) is 0. The Balaban J connectivity index is 0.000000435. The van der Waals surface area contributed by atoms with Crippen LogP contribution in [0, 0.1) is 6.07 Å². The molecule has 2 N–H and O–H groups in total. The van der Waals surface area contributed by atoms with Crippen molar-refractivity contribution in [1.82, 2.24) is 0 Å². The molecule has 2 saturated carbocycles. The number of nitrogens with two attached hydrogens (primary N) is 1. The summed E-state index contributed by atoms with van der Waals surface area (Å²) < 4.78 is 12.8. The third-order valence-corrected chi connectivity index (χ3v) is 12.5. The van der Waals surface area contributed by atoms with Crippen molar-refractivity contribution in [3.8, 4) is 22.6 Å². The van der Waals surface area contributed by atoms with E-state index in [2.05, 4.69) is 76.2 Å². The first-order chi connectivity index (χ1) is 20.5. The van der Waals surface area contributed by atoms with Gasteiger partial charge in [-0.1, -0.05) is 37.1 Å². The molecule has 2 aliphatic carbocycles. The Bertz CT molecular complexity index is 1140. The fourth-order valence-corrected chi connectivity index (χ4v) is 11.2. The largest absolute Gasteiger partial charge is 2.00 e. The molecule has 0 heterocycles. The second-order valence-corrected chi connectivity index (χ2v) is 15.6. The van der Waals surface area contributed by atoms with Gasteiger partial charge in [0.2, 0.25) is 0 Å². The molecule has 3 nitrogen and oxygen atoms in total. The van der Waals surface area contributed by atoms with E-state index in [0.717, 1.165) is 29.2 Å². The summed E-state index contributed by atoms with van der Waals surface area (Å²) in [6.45, 7) is 9.17. The van der Waals surface area contributed by atoms with Gasteiger partial charge in [0.15, 0.2) is 0 Å². The van der Waals surface area contributed by atoms with Gasteiger partial charge in [0.1, 0.15) is 16.8 Å². The van der Waals surface area contributed by atoms with Crippen molar-refractivity contribution in [2.75, 3.05) is 6.54 Å². The number of hydrogen-bond donors (Lipinski definition) is 1. The Kier molecular flexibility index (Phi) is 15.8. The molecule has 5 heteroatoms. The quantitative estimate of drug-likeness (QED) is 0.131. The van der Waals surface area contributed by atoms with Gasteiger partial charge in [-0.2, -0.15) is 35.9 Å². The van der Waals surface area contributed by atoms with Crippen LogP contribution < -0.4 is 20.5 Å². The standard InChI is InChI=1S/C30H43O2P.C8H10N.Pd/c1-22(2)31-27-19-13-20-28(32-23(3)4)30(27)26-18-11-12-21-29(26)33(24-14-7-5-8-15-24)25-16-9-6-10-17-25;9-7-6-8-4-2-1-3-5-8;/h11-13,18-25H,5-10,14-17H2,1-4H3;1-4H,6-7,9H2;/q;-1;+2/p+1.